The molecule has 2 rings (SSSR count). The lowest BCUT2D eigenvalue weighted by molar-refractivity contribution is -0.116. The van der Waals surface area contributed by atoms with Crippen LogP contribution in [0.5, 0.6) is 0 Å². The van der Waals surface area contributed by atoms with Gasteiger partial charge in [0.25, 0.3) is 0 Å². The number of carbonyl (C=O) groups is 1. The highest BCUT2D eigenvalue weighted by Gasteiger charge is 2.25. The molecular weight excluding hydrogens is 324 g/mol. The minimum absolute atomic E-state index is 0.240. The summed E-state index contributed by atoms with van der Waals surface area (Å²) in [4.78, 5) is 14.1. The van der Waals surface area contributed by atoms with E-state index in [4.69, 9.17) is 0 Å². The third-order valence-corrected chi connectivity index (χ3v) is 5.00. The van der Waals surface area contributed by atoms with Crippen molar-refractivity contribution in [1.29, 1.82) is 0 Å². The summed E-state index contributed by atoms with van der Waals surface area (Å²) in [6.07, 6.45) is 1.12. The van der Waals surface area contributed by atoms with E-state index in [9.17, 15) is 13.2 Å². The molecule has 0 aliphatic rings. The van der Waals surface area contributed by atoms with Gasteiger partial charge in [-0.25, -0.2) is 8.42 Å². The summed E-state index contributed by atoms with van der Waals surface area (Å²) in [6.45, 7) is 3.44. The highest BCUT2D eigenvalue weighted by Crippen LogP contribution is 2.27. The van der Waals surface area contributed by atoms with E-state index in [1.807, 2.05) is 62.4 Å². The van der Waals surface area contributed by atoms with Crippen LogP contribution in [0.25, 0.3) is 0 Å². The topological polar surface area (TPSA) is 57.7 Å². The predicted molar refractivity (Wildman–Crippen MR) is 98.0 cm³/mol. The second-order valence-corrected chi connectivity index (χ2v) is 7.71. The molecule has 0 spiro atoms. The summed E-state index contributed by atoms with van der Waals surface area (Å²) >= 11 is 0. The fourth-order valence-corrected chi connectivity index (χ4v) is 3.55. The molecule has 0 N–H and O–H groups in total. The Bertz CT molecular complexity index is 812. The Balaban J connectivity index is 2.36. The summed E-state index contributed by atoms with van der Waals surface area (Å²) in [5.41, 5.74) is 2.92. The second-order valence-electron chi connectivity index (χ2n) is 5.80. The van der Waals surface area contributed by atoms with E-state index >= 15 is 0 Å². The molecule has 0 aliphatic heterocycles. The van der Waals surface area contributed by atoms with Gasteiger partial charge in [-0.15, -0.1) is 0 Å². The third-order valence-electron chi connectivity index (χ3n) is 3.89. The molecule has 0 unspecified atom stereocenters. The SMILES string of the molecule is Cc1cccc(C)c1N(CC(=O)N(C)c1ccccc1)S(C)(=O)=O. The van der Waals surface area contributed by atoms with Gasteiger partial charge in [0.1, 0.15) is 6.54 Å². The Hall–Kier alpha value is -2.34. The van der Waals surface area contributed by atoms with Crippen LogP contribution >= 0.6 is 0 Å². The number of nitrogens with zero attached hydrogens (tertiary/aromatic N) is 2. The Labute approximate surface area is 143 Å². The number of aryl methyl sites for hydroxylation is 2. The molecule has 2 aromatic rings. The maximum absolute atomic E-state index is 12.6. The normalized spacial score (nSPS) is 11.2. The molecule has 0 saturated carbocycles. The number of amides is 1. The monoisotopic (exact) mass is 346 g/mol. The van der Waals surface area contributed by atoms with Gasteiger partial charge in [0.05, 0.1) is 11.9 Å². The number of benzene rings is 2. The van der Waals surface area contributed by atoms with Crippen LogP contribution in [0.1, 0.15) is 11.1 Å². The molecule has 0 aliphatic carbocycles. The van der Waals surface area contributed by atoms with Crippen LogP contribution in [0.3, 0.4) is 0 Å². The predicted octanol–water partition coefficient (Wildman–Crippen LogP) is 2.73. The van der Waals surface area contributed by atoms with Gasteiger partial charge >= 0.3 is 0 Å². The summed E-state index contributed by atoms with van der Waals surface area (Å²) in [5, 5.41) is 0. The zero-order valence-electron chi connectivity index (χ0n) is 14.4. The molecule has 0 heterocycles. The van der Waals surface area contributed by atoms with Crippen molar-refractivity contribution >= 4 is 27.3 Å². The molecule has 0 atom stereocenters. The zero-order valence-corrected chi connectivity index (χ0v) is 15.2. The summed E-state index contributed by atoms with van der Waals surface area (Å²) in [6, 6.07) is 14.7. The number of para-hydroxylation sites is 2. The van der Waals surface area contributed by atoms with E-state index in [1.54, 1.807) is 7.05 Å². The molecule has 6 heteroatoms. The average molecular weight is 346 g/mol. The quantitative estimate of drug-likeness (QED) is 0.836. The van der Waals surface area contributed by atoms with Gasteiger partial charge in [-0.2, -0.15) is 0 Å². The first-order valence-corrected chi connectivity index (χ1v) is 9.42. The van der Waals surface area contributed by atoms with Gasteiger partial charge in [0.15, 0.2) is 0 Å². The van der Waals surface area contributed by atoms with Crippen LogP contribution in [-0.2, 0) is 14.8 Å². The van der Waals surface area contributed by atoms with E-state index < -0.39 is 10.0 Å². The number of likely N-dealkylation sites (N-methyl/N-ethyl adjacent to an activating group) is 1. The Kier molecular flexibility index (Phi) is 5.29. The number of rotatable bonds is 5. The first-order chi connectivity index (χ1) is 11.2. The van der Waals surface area contributed by atoms with Crippen LogP contribution < -0.4 is 9.21 Å². The lowest BCUT2D eigenvalue weighted by atomic mass is 10.1. The highest BCUT2D eigenvalue weighted by atomic mass is 32.2. The molecule has 24 heavy (non-hydrogen) atoms. The maximum atomic E-state index is 12.6. The van der Waals surface area contributed by atoms with E-state index in [0.717, 1.165) is 23.1 Å². The fraction of sp³-hybridized carbons (Fsp3) is 0.278. The van der Waals surface area contributed by atoms with Gasteiger partial charge in [-0.05, 0) is 37.1 Å². The van der Waals surface area contributed by atoms with Crippen LogP contribution in [-0.4, -0.2) is 34.2 Å². The molecule has 0 fully saturated rings. The molecule has 128 valence electrons. The Morgan fingerprint density at radius 2 is 1.50 bits per heavy atom. The minimum atomic E-state index is -3.59. The number of sulfonamides is 1. The number of carbonyl (C=O) groups excluding carboxylic acids is 1. The van der Waals surface area contributed by atoms with Crippen molar-refractivity contribution in [3.05, 3.63) is 59.7 Å². The maximum Gasteiger partial charge on any atom is 0.247 e. The number of hydrogen-bond acceptors (Lipinski definition) is 3. The van der Waals surface area contributed by atoms with E-state index in [1.165, 1.54) is 9.21 Å². The van der Waals surface area contributed by atoms with Crippen LogP contribution in [0.4, 0.5) is 11.4 Å². The van der Waals surface area contributed by atoms with Crippen LogP contribution in [0.2, 0.25) is 0 Å². The largest absolute Gasteiger partial charge is 0.314 e. The molecule has 0 saturated heterocycles. The molecule has 1 amide bonds. The van der Waals surface area contributed by atoms with Crippen molar-refractivity contribution in [3.63, 3.8) is 0 Å². The summed E-state index contributed by atoms with van der Waals surface area (Å²) in [7, 11) is -1.95. The Morgan fingerprint density at radius 3 is 2.00 bits per heavy atom. The number of anilines is 2. The summed E-state index contributed by atoms with van der Waals surface area (Å²) in [5.74, 6) is -0.297. The second kappa shape index (κ2) is 7.05. The standard InChI is InChI=1S/C18H22N2O3S/c1-14-9-8-10-15(2)18(14)20(24(4,22)23)13-17(21)19(3)16-11-6-5-7-12-16/h5-12H,13H2,1-4H3. The van der Waals surface area contributed by atoms with Crippen molar-refractivity contribution < 1.29 is 13.2 Å². The molecule has 0 radical (unpaired) electrons. The lowest BCUT2D eigenvalue weighted by Gasteiger charge is -2.27. The van der Waals surface area contributed by atoms with Crippen molar-refractivity contribution in [2.45, 2.75) is 13.8 Å². The van der Waals surface area contributed by atoms with Crippen molar-refractivity contribution in [3.8, 4) is 0 Å². The third kappa shape index (κ3) is 3.94. The zero-order chi connectivity index (χ0) is 17.9. The number of hydrogen-bond donors (Lipinski definition) is 0. The molecule has 2 aromatic carbocycles. The van der Waals surface area contributed by atoms with Gasteiger partial charge in [0, 0.05) is 12.7 Å². The molecular formula is C18H22N2O3S. The minimum Gasteiger partial charge on any atom is -0.314 e. The fourth-order valence-electron chi connectivity index (χ4n) is 2.59. The first-order valence-electron chi connectivity index (χ1n) is 7.57. The van der Waals surface area contributed by atoms with E-state index in [-0.39, 0.29) is 12.5 Å². The molecule has 5 nitrogen and oxygen atoms in total. The van der Waals surface area contributed by atoms with Gasteiger partial charge in [-0.3, -0.25) is 9.10 Å². The highest BCUT2D eigenvalue weighted by molar-refractivity contribution is 7.92. The smallest absolute Gasteiger partial charge is 0.247 e. The van der Waals surface area contributed by atoms with Crippen molar-refractivity contribution in [2.75, 3.05) is 29.1 Å². The Morgan fingerprint density at radius 1 is 0.958 bits per heavy atom. The van der Waals surface area contributed by atoms with E-state index in [2.05, 4.69) is 0 Å². The lowest BCUT2D eigenvalue weighted by Crippen LogP contribution is -2.41. The van der Waals surface area contributed by atoms with Crippen molar-refractivity contribution in [1.82, 2.24) is 0 Å². The van der Waals surface area contributed by atoms with Crippen molar-refractivity contribution in [2.24, 2.45) is 0 Å². The first kappa shape index (κ1) is 18.0. The van der Waals surface area contributed by atoms with E-state index in [0.29, 0.717) is 5.69 Å². The molecule has 0 aromatic heterocycles. The van der Waals surface area contributed by atoms with Gasteiger partial charge in [-0.1, -0.05) is 36.4 Å². The average Bonchev–Trinajstić information content (AvgIpc) is 2.52. The van der Waals surface area contributed by atoms with Gasteiger partial charge < -0.3 is 4.90 Å². The van der Waals surface area contributed by atoms with Crippen LogP contribution in [0.15, 0.2) is 48.5 Å². The summed E-state index contributed by atoms with van der Waals surface area (Å²) < 4.78 is 25.8. The van der Waals surface area contributed by atoms with Crippen LogP contribution in [0, 0.1) is 13.8 Å². The van der Waals surface area contributed by atoms with Gasteiger partial charge in [0.2, 0.25) is 15.9 Å². The molecule has 0 bridgehead atoms.